The molecule has 0 aliphatic carbocycles. The van der Waals surface area contributed by atoms with E-state index in [2.05, 4.69) is 0 Å². The van der Waals surface area contributed by atoms with Gasteiger partial charge in [0.2, 0.25) is 0 Å². The van der Waals surface area contributed by atoms with Gasteiger partial charge in [0, 0.05) is 34.0 Å². The van der Waals surface area contributed by atoms with Crippen LogP contribution in [0.1, 0.15) is 6.42 Å². The second-order valence-electron chi connectivity index (χ2n) is 3.75. The summed E-state index contributed by atoms with van der Waals surface area (Å²) in [6.45, 7) is 2.21. The molecule has 0 aromatic heterocycles. The van der Waals surface area contributed by atoms with Crippen molar-refractivity contribution >= 4 is 8.80 Å². The van der Waals surface area contributed by atoms with Gasteiger partial charge in [0.05, 0.1) is 13.2 Å². The maximum absolute atomic E-state index is 5.50. The second-order valence-corrected chi connectivity index (χ2v) is 6.84. The lowest BCUT2D eigenvalue weighted by Crippen LogP contribution is -2.42. The Morgan fingerprint density at radius 3 is 2.41 bits per heavy atom. The van der Waals surface area contributed by atoms with Crippen molar-refractivity contribution in [2.24, 2.45) is 0 Å². The largest absolute Gasteiger partial charge is 0.500 e. The summed E-state index contributed by atoms with van der Waals surface area (Å²) in [7, 11) is 2.41. The van der Waals surface area contributed by atoms with E-state index in [1.54, 1.807) is 21.3 Å². The van der Waals surface area contributed by atoms with Crippen LogP contribution in [0.3, 0.4) is 0 Å². The van der Waals surface area contributed by atoms with E-state index < -0.39 is 8.80 Å². The number of ether oxygens (including phenoxy) is 3. The normalized spacial score (nSPS) is 21.0. The molecule has 0 aromatic rings. The molecule has 1 aliphatic rings. The van der Waals surface area contributed by atoms with E-state index >= 15 is 0 Å². The molecule has 1 atom stereocenters. The highest BCUT2D eigenvalue weighted by molar-refractivity contribution is 6.60. The molecule has 0 spiro atoms. The van der Waals surface area contributed by atoms with E-state index in [9.17, 15) is 0 Å². The Kier molecular flexibility index (Phi) is 7.20. The van der Waals surface area contributed by atoms with Crippen molar-refractivity contribution in [3.63, 3.8) is 0 Å². The summed E-state index contributed by atoms with van der Waals surface area (Å²) in [5, 5.41) is 0. The molecule has 0 aromatic carbocycles. The van der Waals surface area contributed by atoms with E-state index in [1.165, 1.54) is 0 Å². The number of hydrogen-bond acceptors (Lipinski definition) is 6. The van der Waals surface area contributed by atoms with Gasteiger partial charge in [-0.25, -0.2) is 0 Å². The molecule has 0 N–H and O–H groups in total. The van der Waals surface area contributed by atoms with Gasteiger partial charge in [0.25, 0.3) is 0 Å². The SMILES string of the molecule is CO[Si](CCCOCC1COCO1)(OC)OC. The summed E-state index contributed by atoms with van der Waals surface area (Å²) in [5.41, 5.74) is 0. The predicted octanol–water partition coefficient (Wildman–Crippen LogP) is 0.644. The van der Waals surface area contributed by atoms with E-state index in [-0.39, 0.29) is 6.10 Å². The maximum Gasteiger partial charge on any atom is 0.500 e. The van der Waals surface area contributed by atoms with Crippen LogP contribution in [0.5, 0.6) is 0 Å². The predicted molar refractivity (Wildman–Crippen MR) is 62.7 cm³/mol. The van der Waals surface area contributed by atoms with Crippen molar-refractivity contribution in [1.82, 2.24) is 0 Å². The maximum atomic E-state index is 5.50. The first-order valence-electron chi connectivity index (χ1n) is 5.69. The van der Waals surface area contributed by atoms with Gasteiger partial charge in [0.1, 0.15) is 12.9 Å². The fourth-order valence-electron chi connectivity index (χ4n) is 1.63. The van der Waals surface area contributed by atoms with Gasteiger partial charge >= 0.3 is 8.80 Å². The van der Waals surface area contributed by atoms with Crippen molar-refractivity contribution in [2.45, 2.75) is 18.6 Å². The van der Waals surface area contributed by atoms with Gasteiger partial charge in [-0.2, -0.15) is 0 Å². The van der Waals surface area contributed by atoms with E-state index in [4.69, 9.17) is 27.5 Å². The highest BCUT2D eigenvalue weighted by atomic mass is 28.4. The molecule has 1 heterocycles. The lowest BCUT2D eigenvalue weighted by molar-refractivity contribution is 0.00463. The Morgan fingerprint density at radius 2 is 1.88 bits per heavy atom. The van der Waals surface area contributed by atoms with Crippen LogP contribution in [0, 0.1) is 0 Å². The molecular weight excluding hydrogens is 244 g/mol. The first-order chi connectivity index (χ1) is 8.26. The molecule has 0 saturated carbocycles. The summed E-state index contributed by atoms with van der Waals surface area (Å²) < 4.78 is 31.7. The monoisotopic (exact) mass is 266 g/mol. The lowest BCUT2D eigenvalue weighted by atomic mass is 10.4. The van der Waals surface area contributed by atoms with Crippen molar-refractivity contribution in [1.29, 1.82) is 0 Å². The summed E-state index contributed by atoms with van der Waals surface area (Å²) in [6.07, 6.45) is 0.916. The number of rotatable bonds is 9. The van der Waals surface area contributed by atoms with Crippen molar-refractivity contribution in [3.05, 3.63) is 0 Å². The zero-order chi connectivity index (χ0) is 12.6. The van der Waals surface area contributed by atoms with Crippen LogP contribution in [0.15, 0.2) is 0 Å². The van der Waals surface area contributed by atoms with Crippen molar-refractivity contribution in [2.75, 3.05) is 47.9 Å². The summed E-state index contributed by atoms with van der Waals surface area (Å²) in [5.74, 6) is 0. The standard InChI is InChI=1S/C10H22O6Si/c1-11-17(12-2,13-3)6-4-5-14-7-10-8-15-9-16-10/h10H,4-9H2,1-3H3. The average molecular weight is 266 g/mol. The summed E-state index contributed by atoms with van der Waals surface area (Å²) >= 11 is 0. The Balaban J connectivity index is 2.05. The van der Waals surface area contributed by atoms with Crippen LogP contribution in [-0.2, 0) is 27.5 Å². The molecule has 1 unspecified atom stereocenters. The third-order valence-electron chi connectivity index (χ3n) is 2.70. The van der Waals surface area contributed by atoms with Gasteiger partial charge < -0.3 is 27.5 Å². The average Bonchev–Trinajstić information content (AvgIpc) is 2.88. The van der Waals surface area contributed by atoms with E-state index in [0.717, 1.165) is 12.5 Å². The topological polar surface area (TPSA) is 55.4 Å². The summed E-state index contributed by atoms with van der Waals surface area (Å²) in [6, 6.07) is 0.749. The fourth-order valence-corrected chi connectivity index (χ4v) is 3.32. The van der Waals surface area contributed by atoms with Crippen LogP contribution in [0.25, 0.3) is 0 Å². The highest BCUT2D eigenvalue weighted by Crippen LogP contribution is 2.15. The fraction of sp³-hybridized carbons (Fsp3) is 1.00. The molecule has 0 bridgehead atoms. The molecule has 1 saturated heterocycles. The molecule has 6 nitrogen and oxygen atoms in total. The molecule has 7 heteroatoms. The highest BCUT2D eigenvalue weighted by Gasteiger charge is 2.36. The van der Waals surface area contributed by atoms with Crippen LogP contribution in [-0.4, -0.2) is 62.9 Å². The number of hydrogen-bond donors (Lipinski definition) is 0. The first-order valence-corrected chi connectivity index (χ1v) is 7.62. The van der Waals surface area contributed by atoms with Gasteiger partial charge in [-0.1, -0.05) is 0 Å². The van der Waals surface area contributed by atoms with E-state index in [0.29, 0.717) is 26.6 Å². The molecule has 1 fully saturated rings. The quantitative estimate of drug-likeness (QED) is 0.451. The smallest absolute Gasteiger partial charge is 0.379 e. The molecular formula is C10H22O6Si. The Morgan fingerprint density at radius 1 is 1.18 bits per heavy atom. The molecule has 0 amide bonds. The Hall–Kier alpha value is -0.0231. The van der Waals surface area contributed by atoms with Gasteiger partial charge in [0.15, 0.2) is 0 Å². The molecule has 1 aliphatic heterocycles. The van der Waals surface area contributed by atoms with Crippen LogP contribution >= 0.6 is 0 Å². The third kappa shape index (κ3) is 5.00. The Labute approximate surface area is 103 Å². The minimum absolute atomic E-state index is 0.0734. The second kappa shape index (κ2) is 8.14. The van der Waals surface area contributed by atoms with Crippen molar-refractivity contribution < 1.29 is 27.5 Å². The van der Waals surface area contributed by atoms with E-state index in [1.807, 2.05) is 0 Å². The van der Waals surface area contributed by atoms with Gasteiger partial charge in [-0.05, 0) is 6.42 Å². The minimum atomic E-state index is -2.43. The van der Waals surface area contributed by atoms with Crippen LogP contribution in [0.4, 0.5) is 0 Å². The lowest BCUT2D eigenvalue weighted by Gasteiger charge is -2.24. The molecule has 1 rings (SSSR count). The Bertz CT molecular complexity index is 185. The molecule has 102 valence electrons. The molecule has 0 radical (unpaired) electrons. The van der Waals surface area contributed by atoms with Crippen molar-refractivity contribution in [3.8, 4) is 0 Å². The summed E-state index contributed by atoms with van der Waals surface area (Å²) in [4.78, 5) is 0. The van der Waals surface area contributed by atoms with Gasteiger partial charge in [-0.3, -0.25) is 0 Å². The first kappa shape index (κ1) is 15.0. The minimum Gasteiger partial charge on any atom is -0.379 e. The van der Waals surface area contributed by atoms with Crippen LogP contribution < -0.4 is 0 Å². The molecule has 17 heavy (non-hydrogen) atoms. The zero-order valence-electron chi connectivity index (χ0n) is 10.8. The zero-order valence-corrected chi connectivity index (χ0v) is 11.8. The third-order valence-corrected chi connectivity index (χ3v) is 5.53. The van der Waals surface area contributed by atoms with Gasteiger partial charge in [-0.15, -0.1) is 0 Å². The van der Waals surface area contributed by atoms with Crippen LogP contribution in [0.2, 0.25) is 6.04 Å².